The van der Waals surface area contributed by atoms with E-state index in [1.165, 1.54) is 0 Å². The second-order valence-corrected chi connectivity index (χ2v) is 5.57. The van der Waals surface area contributed by atoms with E-state index in [1.807, 2.05) is 36.5 Å². The summed E-state index contributed by atoms with van der Waals surface area (Å²) >= 11 is 0. The SMILES string of the molecule is c1ccc(-c2nnc([C@H]3CCN(Cc4ncc[nH]4)C3)o2)cc1. The first-order chi connectivity index (χ1) is 10.9. The lowest BCUT2D eigenvalue weighted by Crippen LogP contribution is -2.20. The van der Waals surface area contributed by atoms with Gasteiger partial charge in [0, 0.05) is 24.5 Å². The van der Waals surface area contributed by atoms with Gasteiger partial charge >= 0.3 is 0 Å². The van der Waals surface area contributed by atoms with Crippen LogP contribution >= 0.6 is 0 Å². The van der Waals surface area contributed by atoms with Crippen LogP contribution in [0.1, 0.15) is 24.1 Å². The second-order valence-electron chi connectivity index (χ2n) is 5.57. The van der Waals surface area contributed by atoms with E-state index in [9.17, 15) is 0 Å². The van der Waals surface area contributed by atoms with Gasteiger partial charge < -0.3 is 9.40 Å². The lowest BCUT2D eigenvalue weighted by atomic mass is 10.1. The Hall–Kier alpha value is -2.47. The van der Waals surface area contributed by atoms with Crippen LogP contribution in [-0.2, 0) is 6.54 Å². The zero-order valence-corrected chi connectivity index (χ0v) is 12.1. The summed E-state index contributed by atoms with van der Waals surface area (Å²) in [4.78, 5) is 9.77. The molecule has 1 fully saturated rings. The van der Waals surface area contributed by atoms with Gasteiger partial charge in [0.2, 0.25) is 11.8 Å². The number of aromatic amines is 1. The summed E-state index contributed by atoms with van der Waals surface area (Å²) in [5.41, 5.74) is 0.965. The molecule has 22 heavy (non-hydrogen) atoms. The molecule has 0 saturated carbocycles. The first-order valence-electron chi connectivity index (χ1n) is 7.48. The van der Waals surface area contributed by atoms with Crippen LogP contribution in [0.3, 0.4) is 0 Å². The number of imidazole rings is 1. The van der Waals surface area contributed by atoms with Gasteiger partial charge in [-0.1, -0.05) is 18.2 Å². The predicted octanol–water partition coefficient (Wildman–Crippen LogP) is 2.45. The largest absolute Gasteiger partial charge is 0.420 e. The Labute approximate surface area is 128 Å². The monoisotopic (exact) mass is 295 g/mol. The normalized spacial score (nSPS) is 18.8. The fraction of sp³-hybridized carbons (Fsp3) is 0.312. The van der Waals surface area contributed by atoms with Crippen molar-refractivity contribution in [2.24, 2.45) is 0 Å². The minimum atomic E-state index is 0.305. The molecule has 2 aromatic heterocycles. The van der Waals surface area contributed by atoms with Crippen LogP contribution < -0.4 is 0 Å². The van der Waals surface area contributed by atoms with E-state index in [4.69, 9.17) is 4.42 Å². The maximum absolute atomic E-state index is 5.86. The molecule has 1 aromatic carbocycles. The molecule has 4 rings (SSSR count). The van der Waals surface area contributed by atoms with Gasteiger partial charge in [0.05, 0.1) is 12.5 Å². The summed E-state index contributed by atoms with van der Waals surface area (Å²) in [5.74, 6) is 2.64. The number of rotatable bonds is 4. The van der Waals surface area contributed by atoms with Crippen LogP contribution in [0.4, 0.5) is 0 Å². The van der Waals surface area contributed by atoms with Crippen LogP contribution in [-0.4, -0.2) is 38.2 Å². The third-order valence-electron chi connectivity index (χ3n) is 4.01. The highest BCUT2D eigenvalue weighted by molar-refractivity contribution is 5.51. The highest BCUT2D eigenvalue weighted by atomic mass is 16.4. The van der Waals surface area contributed by atoms with E-state index in [2.05, 4.69) is 25.1 Å². The van der Waals surface area contributed by atoms with Crippen LogP contribution in [0.5, 0.6) is 0 Å². The summed E-state index contributed by atoms with van der Waals surface area (Å²) in [5, 5.41) is 8.42. The molecule has 0 aliphatic carbocycles. The Kier molecular flexibility index (Phi) is 3.44. The van der Waals surface area contributed by atoms with Crippen LogP contribution in [0, 0.1) is 0 Å². The topological polar surface area (TPSA) is 70.8 Å². The first-order valence-corrected chi connectivity index (χ1v) is 7.48. The molecule has 0 radical (unpaired) electrons. The maximum atomic E-state index is 5.86. The van der Waals surface area contributed by atoms with Crippen molar-refractivity contribution in [1.29, 1.82) is 0 Å². The summed E-state index contributed by atoms with van der Waals surface area (Å²) in [7, 11) is 0. The van der Waals surface area contributed by atoms with Crippen molar-refractivity contribution in [3.05, 3.63) is 54.4 Å². The van der Waals surface area contributed by atoms with Gasteiger partial charge in [-0.15, -0.1) is 10.2 Å². The van der Waals surface area contributed by atoms with Gasteiger partial charge in [-0.3, -0.25) is 4.90 Å². The molecular formula is C16H17N5O. The van der Waals surface area contributed by atoms with Gasteiger partial charge in [0.1, 0.15) is 5.82 Å². The zero-order chi connectivity index (χ0) is 14.8. The van der Waals surface area contributed by atoms with Gasteiger partial charge in [0.15, 0.2) is 0 Å². The number of hydrogen-bond acceptors (Lipinski definition) is 5. The van der Waals surface area contributed by atoms with Crippen LogP contribution in [0.15, 0.2) is 47.1 Å². The van der Waals surface area contributed by atoms with Crippen molar-refractivity contribution >= 4 is 0 Å². The quantitative estimate of drug-likeness (QED) is 0.800. The number of benzene rings is 1. The molecule has 6 heteroatoms. The Bertz CT molecular complexity index is 722. The Morgan fingerprint density at radius 2 is 2.14 bits per heavy atom. The van der Waals surface area contributed by atoms with E-state index in [-0.39, 0.29) is 0 Å². The van der Waals surface area contributed by atoms with E-state index < -0.39 is 0 Å². The predicted molar refractivity (Wildman–Crippen MR) is 81.0 cm³/mol. The van der Waals surface area contributed by atoms with E-state index in [1.54, 1.807) is 6.20 Å². The van der Waals surface area contributed by atoms with Crippen molar-refractivity contribution in [1.82, 2.24) is 25.1 Å². The fourth-order valence-electron chi connectivity index (χ4n) is 2.87. The number of likely N-dealkylation sites (tertiary alicyclic amines) is 1. The first kappa shape index (κ1) is 13.2. The molecular weight excluding hydrogens is 278 g/mol. The lowest BCUT2D eigenvalue weighted by Gasteiger charge is -2.12. The minimum Gasteiger partial charge on any atom is -0.420 e. The fourth-order valence-corrected chi connectivity index (χ4v) is 2.87. The van der Waals surface area contributed by atoms with Gasteiger partial charge in [0.25, 0.3) is 0 Å². The highest BCUT2D eigenvalue weighted by Crippen LogP contribution is 2.29. The maximum Gasteiger partial charge on any atom is 0.247 e. The van der Waals surface area contributed by atoms with Gasteiger partial charge in [-0.25, -0.2) is 4.98 Å². The number of nitrogens with zero attached hydrogens (tertiary/aromatic N) is 4. The number of nitrogens with one attached hydrogen (secondary N) is 1. The summed E-state index contributed by atoms with van der Waals surface area (Å²) < 4.78 is 5.86. The molecule has 1 aliphatic heterocycles. The van der Waals surface area contributed by atoms with Crippen LogP contribution in [0.25, 0.3) is 11.5 Å². The Balaban J connectivity index is 1.44. The van der Waals surface area contributed by atoms with E-state index in [0.29, 0.717) is 11.8 Å². The van der Waals surface area contributed by atoms with Gasteiger partial charge in [-0.05, 0) is 25.1 Å². The molecule has 3 heterocycles. The van der Waals surface area contributed by atoms with Crippen molar-refractivity contribution in [2.75, 3.05) is 13.1 Å². The molecule has 1 atom stereocenters. The highest BCUT2D eigenvalue weighted by Gasteiger charge is 2.28. The Morgan fingerprint density at radius 3 is 2.95 bits per heavy atom. The van der Waals surface area contributed by atoms with Crippen LogP contribution in [0.2, 0.25) is 0 Å². The molecule has 0 bridgehead atoms. The third-order valence-corrected chi connectivity index (χ3v) is 4.01. The number of hydrogen-bond donors (Lipinski definition) is 1. The lowest BCUT2D eigenvalue weighted by molar-refractivity contribution is 0.313. The molecule has 0 amide bonds. The average molecular weight is 295 g/mol. The summed E-state index contributed by atoms with van der Waals surface area (Å²) in [6.45, 7) is 2.79. The molecule has 0 spiro atoms. The van der Waals surface area contributed by atoms with Crippen molar-refractivity contribution < 1.29 is 4.42 Å². The third kappa shape index (κ3) is 2.65. The van der Waals surface area contributed by atoms with E-state index >= 15 is 0 Å². The van der Waals surface area contributed by atoms with Crippen molar-refractivity contribution in [3.63, 3.8) is 0 Å². The molecule has 1 N–H and O–H groups in total. The number of aromatic nitrogens is 4. The second kappa shape index (κ2) is 5.73. The van der Waals surface area contributed by atoms with Crippen molar-refractivity contribution in [3.8, 4) is 11.5 Å². The standard InChI is InChI=1S/C16H17N5O/c1-2-4-12(5-3-1)15-19-20-16(22-15)13-6-9-21(10-13)11-14-17-7-8-18-14/h1-5,7-8,13H,6,9-11H2,(H,17,18)/t13-/m0/s1. The minimum absolute atomic E-state index is 0.305. The summed E-state index contributed by atoms with van der Waals surface area (Å²) in [6.07, 6.45) is 4.68. The number of H-pyrrole nitrogens is 1. The molecule has 6 nitrogen and oxygen atoms in total. The average Bonchev–Trinajstić information content (AvgIpc) is 3.30. The molecule has 0 unspecified atom stereocenters. The molecule has 1 aliphatic rings. The molecule has 112 valence electrons. The van der Waals surface area contributed by atoms with Crippen molar-refractivity contribution in [2.45, 2.75) is 18.9 Å². The zero-order valence-electron chi connectivity index (χ0n) is 12.1. The summed E-state index contributed by atoms with van der Waals surface area (Å²) in [6, 6.07) is 9.88. The van der Waals surface area contributed by atoms with E-state index in [0.717, 1.165) is 43.3 Å². The Morgan fingerprint density at radius 1 is 1.23 bits per heavy atom. The molecule has 1 saturated heterocycles. The van der Waals surface area contributed by atoms with Gasteiger partial charge in [-0.2, -0.15) is 0 Å². The molecule has 3 aromatic rings. The smallest absolute Gasteiger partial charge is 0.247 e.